The Bertz CT molecular complexity index is 1130. The summed E-state index contributed by atoms with van der Waals surface area (Å²) in [4.78, 5) is 48.6. The highest BCUT2D eigenvalue weighted by atomic mass is 32.2. The van der Waals surface area contributed by atoms with Gasteiger partial charge in [0.2, 0.25) is 5.91 Å². The summed E-state index contributed by atoms with van der Waals surface area (Å²) in [5.74, 6) is -1.52. The van der Waals surface area contributed by atoms with Gasteiger partial charge in [-0.1, -0.05) is 20.8 Å². The van der Waals surface area contributed by atoms with E-state index in [2.05, 4.69) is 36.3 Å². The minimum Gasteiger partial charge on any atom is -0.478 e. The summed E-state index contributed by atoms with van der Waals surface area (Å²) in [5.41, 5.74) is 0.432. The summed E-state index contributed by atoms with van der Waals surface area (Å²) in [6.45, 7) is 8.06. The van der Waals surface area contributed by atoms with Gasteiger partial charge in [-0.15, -0.1) is 11.8 Å². The molecule has 1 heterocycles. The van der Waals surface area contributed by atoms with E-state index in [-0.39, 0.29) is 52.8 Å². The Morgan fingerprint density at radius 3 is 2.22 bits per heavy atom. The predicted molar refractivity (Wildman–Crippen MR) is 138 cm³/mol. The van der Waals surface area contributed by atoms with Crippen LogP contribution in [0.2, 0.25) is 0 Å². The number of benzene rings is 1. The lowest BCUT2D eigenvalue weighted by atomic mass is 9.75. The van der Waals surface area contributed by atoms with E-state index in [9.17, 15) is 29.4 Å². The summed E-state index contributed by atoms with van der Waals surface area (Å²) in [6.07, 6.45) is 2.37. The number of carboxylic acid groups (broad SMARTS) is 2. The number of aryl methyl sites for hydroxylation is 1. The van der Waals surface area contributed by atoms with Crippen molar-refractivity contribution in [1.82, 2.24) is 10.2 Å². The number of carbonyl (C=O) groups excluding carboxylic acids is 2. The molecule has 1 saturated carbocycles. The Hall–Kier alpha value is -3.34. The molecule has 0 radical (unpaired) electrons. The molecule has 3 rings (SSSR count). The fourth-order valence-corrected chi connectivity index (χ4v) is 5.88. The second kappa shape index (κ2) is 12.3. The number of rotatable bonds is 10. The van der Waals surface area contributed by atoms with Crippen molar-refractivity contribution >= 4 is 41.4 Å². The van der Waals surface area contributed by atoms with Crippen molar-refractivity contribution < 1.29 is 34.1 Å². The van der Waals surface area contributed by atoms with Crippen LogP contribution in [0.3, 0.4) is 0 Å². The van der Waals surface area contributed by atoms with Gasteiger partial charge in [0.1, 0.15) is 17.5 Å². The topological polar surface area (TPSA) is 159 Å². The number of ether oxygens (including phenoxy) is 1. The highest BCUT2D eigenvalue weighted by molar-refractivity contribution is 7.99. The first-order chi connectivity index (χ1) is 17.5. The summed E-state index contributed by atoms with van der Waals surface area (Å²) in [7, 11) is 0. The first-order valence-corrected chi connectivity index (χ1v) is 13.2. The van der Waals surface area contributed by atoms with Gasteiger partial charge in [-0.3, -0.25) is 9.89 Å². The maximum Gasteiger partial charge on any atom is 0.344 e. The zero-order chi connectivity index (χ0) is 27.3. The number of hydrogen-bond acceptors (Lipinski definition) is 7. The molecule has 0 spiro atoms. The SMILES string of the molecule is Cc1n[nH]c(NC(=O)CCCSc2cc(C(=O)O)cc(C(=O)O)c2)c1C(=O)OC1C(C)CC(C)CC1C. The second-order valence-corrected chi connectivity index (χ2v) is 11.0. The fraction of sp³-hybridized carbons (Fsp3) is 0.500. The maximum absolute atomic E-state index is 13.0. The summed E-state index contributed by atoms with van der Waals surface area (Å²) < 4.78 is 5.87. The van der Waals surface area contributed by atoms with E-state index in [1.165, 1.54) is 23.9 Å². The zero-order valence-electron chi connectivity index (χ0n) is 21.4. The molecule has 200 valence electrons. The number of hydrogen-bond donors (Lipinski definition) is 4. The first kappa shape index (κ1) is 28.2. The number of aromatic amines is 1. The summed E-state index contributed by atoms with van der Waals surface area (Å²) in [5, 5.41) is 27.9. The number of esters is 1. The van der Waals surface area contributed by atoms with Gasteiger partial charge in [0.15, 0.2) is 0 Å². The van der Waals surface area contributed by atoms with Crippen LogP contribution in [0.1, 0.15) is 83.2 Å². The van der Waals surface area contributed by atoms with E-state index in [1.807, 2.05) is 0 Å². The lowest BCUT2D eigenvalue weighted by molar-refractivity contribution is -0.116. The Morgan fingerprint density at radius 1 is 1.05 bits per heavy atom. The third-order valence-electron chi connectivity index (χ3n) is 6.55. The standard InChI is InChI=1S/C26H33N3O7S/c1-13-8-14(2)22(15(3)9-13)36-26(35)21-16(4)28-29-23(21)27-20(30)6-5-7-37-19-11-17(24(31)32)10-18(12-19)25(33)34/h10-15,22H,5-9H2,1-4H3,(H,31,32)(H,33,34)(H2,27,28,29,30). The average Bonchev–Trinajstić information content (AvgIpc) is 3.18. The van der Waals surface area contributed by atoms with Crippen molar-refractivity contribution in [3.8, 4) is 0 Å². The third kappa shape index (κ3) is 7.34. The van der Waals surface area contributed by atoms with E-state index in [0.717, 1.165) is 18.9 Å². The quantitative estimate of drug-likeness (QED) is 0.191. The Labute approximate surface area is 219 Å². The van der Waals surface area contributed by atoms with Gasteiger partial charge in [-0.05, 0) is 67.9 Å². The fourth-order valence-electron chi connectivity index (χ4n) is 4.94. The van der Waals surface area contributed by atoms with E-state index in [0.29, 0.717) is 28.7 Å². The molecule has 10 nitrogen and oxygen atoms in total. The second-order valence-electron chi connectivity index (χ2n) is 9.82. The lowest BCUT2D eigenvalue weighted by Crippen LogP contribution is -2.37. The van der Waals surface area contributed by atoms with Crippen LogP contribution in [0, 0.1) is 24.7 Å². The van der Waals surface area contributed by atoms with Crippen LogP contribution in [0.15, 0.2) is 23.1 Å². The van der Waals surface area contributed by atoms with E-state index >= 15 is 0 Å². The molecule has 2 aromatic rings. The number of carboxylic acids is 2. The molecule has 11 heteroatoms. The number of H-pyrrole nitrogens is 1. The molecule has 1 aliphatic carbocycles. The van der Waals surface area contributed by atoms with Crippen molar-refractivity contribution in [2.45, 2.75) is 64.4 Å². The monoisotopic (exact) mass is 531 g/mol. The molecule has 1 aromatic heterocycles. The normalized spacial score (nSPS) is 21.3. The van der Waals surface area contributed by atoms with Gasteiger partial charge in [-0.2, -0.15) is 5.10 Å². The van der Waals surface area contributed by atoms with Crippen LogP contribution in [-0.2, 0) is 9.53 Å². The van der Waals surface area contributed by atoms with E-state index in [4.69, 9.17) is 4.74 Å². The number of aromatic nitrogens is 2. The molecule has 1 aliphatic rings. The van der Waals surface area contributed by atoms with Crippen LogP contribution in [0.5, 0.6) is 0 Å². The average molecular weight is 532 g/mol. The smallest absolute Gasteiger partial charge is 0.344 e. The maximum atomic E-state index is 13.0. The van der Waals surface area contributed by atoms with Crippen LogP contribution in [0.4, 0.5) is 5.82 Å². The van der Waals surface area contributed by atoms with Gasteiger partial charge in [-0.25, -0.2) is 14.4 Å². The lowest BCUT2D eigenvalue weighted by Gasteiger charge is -2.37. The highest BCUT2D eigenvalue weighted by Crippen LogP contribution is 2.36. The Morgan fingerprint density at radius 2 is 1.65 bits per heavy atom. The number of anilines is 1. The van der Waals surface area contributed by atoms with Crippen molar-refractivity contribution in [1.29, 1.82) is 0 Å². The van der Waals surface area contributed by atoms with E-state index in [1.54, 1.807) is 6.92 Å². The molecule has 0 saturated heterocycles. The number of nitrogens with zero attached hydrogens (tertiary/aromatic N) is 1. The van der Waals surface area contributed by atoms with Crippen molar-refractivity contribution in [3.63, 3.8) is 0 Å². The molecule has 37 heavy (non-hydrogen) atoms. The van der Waals surface area contributed by atoms with Crippen LogP contribution >= 0.6 is 11.8 Å². The molecule has 1 amide bonds. The van der Waals surface area contributed by atoms with E-state index < -0.39 is 17.9 Å². The molecule has 0 aliphatic heterocycles. The molecule has 0 bridgehead atoms. The Kier molecular flexibility index (Phi) is 9.36. The van der Waals surface area contributed by atoms with Gasteiger partial charge in [0.05, 0.1) is 16.8 Å². The van der Waals surface area contributed by atoms with Gasteiger partial charge >= 0.3 is 17.9 Å². The first-order valence-electron chi connectivity index (χ1n) is 12.3. The number of nitrogens with one attached hydrogen (secondary N) is 2. The largest absolute Gasteiger partial charge is 0.478 e. The van der Waals surface area contributed by atoms with Gasteiger partial charge in [0.25, 0.3) is 0 Å². The predicted octanol–water partition coefficient (Wildman–Crippen LogP) is 4.85. The Balaban J connectivity index is 1.55. The summed E-state index contributed by atoms with van der Waals surface area (Å²) >= 11 is 1.26. The number of aromatic carboxylic acids is 2. The number of carbonyl (C=O) groups is 4. The molecular weight excluding hydrogens is 498 g/mol. The molecule has 2 atom stereocenters. The number of amides is 1. The molecule has 1 fully saturated rings. The third-order valence-corrected chi connectivity index (χ3v) is 7.61. The van der Waals surface area contributed by atoms with Crippen molar-refractivity contribution in [2.24, 2.45) is 17.8 Å². The summed E-state index contributed by atoms with van der Waals surface area (Å²) in [6, 6.07) is 3.91. The molecule has 4 N–H and O–H groups in total. The van der Waals surface area contributed by atoms with Crippen molar-refractivity contribution in [2.75, 3.05) is 11.1 Å². The minimum absolute atomic E-state index is 0.110. The highest BCUT2D eigenvalue weighted by Gasteiger charge is 2.35. The van der Waals surface area contributed by atoms with Crippen molar-refractivity contribution in [3.05, 3.63) is 40.6 Å². The number of thioether (sulfide) groups is 1. The minimum atomic E-state index is -1.21. The van der Waals surface area contributed by atoms with Crippen LogP contribution < -0.4 is 5.32 Å². The molecule has 1 aromatic carbocycles. The van der Waals surface area contributed by atoms with Gasteiger partial charge in [0, 0.05) is 11.3 Å². The van der Waals surface area contributed by atoms with Crippen LogP contribution in [0.25, 0.3) is 0 Å². The zero-order valence-corrected chi connectivity index (χ0v) is 22.2. The van der Waals surface area contributed by atoms with Crippen LogP contribution in [-0.4, -0.2) is 56.1 Å². The molecular formula is C26H33N3O7S. The molecule has 2 unspecified atom stereocenters. The van der Waals surface area contributed by atoms with Gasteiger partial charge < -0.3 is 20.3 Å².